The number of ether oxygens (including phenoxy) is 4. The number of likely N-dealkylation sites (N-methyl/N-ethyl adjacent to an activating group) is 1. The first kappa shape index (κ1) is 23.8. The van der Waals surface area contributed by atoms with Crippen molar-refractivity contribution in [3.05, 3.63) is 0 Å². The molecule has 0 atom stereocenters. The third-order valence-corrected chi connectivity index (χ3v) is 4.13. The Morgan fingerprint density at radius 2 is 1.08 bits per heavy atom. The van der Waals surface area contributed by atoms with Crippen molar-refractivity contribution in [1.82, 2.24) is 0 Å². The summed E-state index contributed by atoms with van der Waals surface area (Å²) in [5.41, 5.74) is 0. The van der Waals surface area contributed by atoms with E-state index in [-0.39, 0.29) is 0 Å². The van der Waals surface area contributed by atoms with Gasteiger partial charge in [-0.15, -0.1) is 0 Å². The molecule has 0 aliphatic heterocycles. The minimum atomic E-state index is 0.662. The lowest BCUT2D eigenvalue weighted by Gasteiger charge is -2.29. The summed E-state index contributed by atoms with van der Waals surface area (Å²) >= 11 is 0. The molecule has 0 fully saturated rings. The van der Waals surface area contributed by atoms with E-state index in [2.05, 4.69) is 21.0 Å². The Kier molecular flexibility index (Phi) is 17.5. The second kappa shape index (κ2) is 17.6. The molecule has 0 rings (SSSR count). The standard InChI is InChI=1S/C19H42NO4/c1-5-6-7-8-9-10-13-22-18-19-24-15-12-20(2,3)11-14-23-17-16-21-4/h5-19H2,1-4H3/q+1. The summed E-state index contributed by atoms with van der Waals surface area (Å²) < 4.78 is 22.7. The van der Waals surface area contributed by atoms with E-state index in [1.54, 1.807) is 7.11 Å². The average molecular weight is 349 g/mol. The number of methoxy groups -OCH3 is 1. The highest BCUT2D eigenvalue weighted by Gasteiger charge is 2.14. The van der Waals surface area contributed by atoms with Gasteiger partial charge in [0, 0.05) is 13.7 Å². The molecule has 0 spiro atoms. The van der Waals surface area contributed by atoms with Crippen molar-refractivity contribution < 1.29 is 23.4 Å². The maximum absolute atomic E-state index is 5.67. The highest BCUT2D eigenvalue weighted by atomic mass is 16.5. The van der Waals surface area contributed by atoms with E-state index in [1.807, 2.05) is 0 Å². The lowest BCUT2D eigenvalue weighted by molar-refractivity contribution is -0.891. The van der Waals surface area contributed by atoms with Crippen LogP contribution in [0.4, 0.5) is 0 Å². The van der Waals surface area contributed by atoms with Crippen LogP contribution in [0.1, 0.15) is 45.4 Å². The monoisotopic (exact) mass is 348 g/mol. The Hall–Kier alpha value is -0.200. The summed E-state index contributed by atoms with van der Waals surface area (Å²) in [4.78, 5) is 0. The van der Waals surface area contributed by atoms with Gasteiger partial charge in [-0.1, -0.05) is 39.0 Å². The maximum Gasteiger partial charge on any atom is 0.102 e. The van der Waals surface area contributed by atoms with E-state index < -0.39 is 0 Å². The Balaban J connectivity index is 3.27. The van der Waals surface area contributed by atoms with Gasteiger partial charge in [-0.25, -0.2) is 0 Å². The van der Waals surface area contributed by atoms with Crippen LogP contribution in [-0.4, -0.2) is 85.0 Å². The van der Waals surface area contributed by atoms with Gasteiger partial charge in [0.1, 0.15) is 13.1 Å². The molecule has 0 radical (unpaired) electrons. The zero-order chi connectivity index (χ0) is 17.9. The molecule has 0 saturated carbocycles. The van der Waals surface area contributed by atoms with Crippen LogP contribution in [-0.2, 0) is 18.9 Å². The lowest BCUT2D eigenvalue weighted by Crippen LogP contribution is -2.44. The summed E-state index contributed by atoms with van der Waals surface area (Å²) in [7, 11) is 6.11. The lowest BCUT2D eigenvalue weighted by atomic mass is 10.1. The highest BCUT2D eigenvalue weighted by Crippen LogP contribution is 2.04. The van der Waals surface area contributed by atoms with Gasteiger partial charge in [-0.3, -0.25) is 0 Å². The SMILES string of the molecule is CCCCCCCCOCCOCC[N+](C)(C)CCOCCOC. The van der Waals surface area contributed by atoms with Gasteiger partial charge in [-0.2, -0.15) is 0 Å². The molecule has 0 aliphatic carbocycles. The molecular weight excluding hydrogens is 306 g/mol. The molecule has 0 heterocycles. The largest absolute Gasteiger partial charge is 0.382 e. The Bertz CT molecular complexity index is 250. The molecule has 0 aromatic carbocycles. The summed E-state index contributed by atoms with van der Waals surface area (Å²) in [5, 5.41) is 0. The van der Waals surface area contributed by atoms with Gasteiger partial charge < -0.3 is 23.4 Å². The van der Waals surface area contributed by atoms with Gasteiger partial charge in [0.2, 0.25) is 0 Å². The molecule has 24 heavy (non-hydrogen) atoms. The van der Waals surface area contributed by atoms with Crippen LogP contribution in [0, 0.1) is 0 Å². The van der Waals surface area contributed by atoms with Crippen LogP contribution in [0.5, 0.6) is 0 Å². The Morgan fingerprint density at radius 1 is 0.583 bits per heavy atom. The van der Waals surface area contributed by atoms with Gasteiger partial charge in [0.05, 0.1) is 53.7 Å². The predicted octanol–water partition coefficient (Wildman–Crippen LogP) is 3.12. The molecule has 0 bridgehead atoms. The van der Waals surface area contributed by atoms with E-state index in [0.717, 1.165) is 37.4 Å². The van der Waals surface area contributed by atoms with Crippen LogP contribution < -0.4 is 0 Å². The number of quaternary nitrogens is 1. The van der Waals surface area contributed by atoms with E-state index in [9.17, 15) is 0 Å². The van der Waals surface area contributed by atoms with Crippen LogP contribution >= 0.6 is 0 Å². The molecule has 5 nitrogen and oxygen atoms in total. The van der Waals surface area contributed by atoms with E-state index in [1.165, 1.54) is 38.5 Å². The summed E-state index contributed by atoms with van der Waals surface area (Å²) in [6.45, 7) is 9.37. The second-order valence-electron chi connectivity index (χ2n) is 6.98. The molecule has 0 saturated heterocycles. The minimum absolute atomic E-state index is 0.662. The van der Waals surface area contributed by atoms with E-state index in [4.69, 9.17) is 18.9 Å². The van der Waals surface area contributed by atoms with Crippen LogP contribution in [0.15, 0.2) is 0 Å². The minimum Gasteiger partial charge on any atom is -0.382 e. The number of unbranched alkanes of at least 4 members (excludes halogenated alkanes) is 5. The Morgan fingerprint density at radius 3 is 1.67 bits per heavy atom. The van der Waals surface area contributed by atoms with Crippen molar-refractivity contribution in [3.63, 3.8) is 0 Å². The fourth-order valence-electron chi connectivity index (χ4n) is 2.29. The maximum atomic E-state index is 5.67. The predicted molar refractivity (Wildman–Crippen MR) is 99.6 cm³/mol. The van der Waals surface area contributed by atoms with Gasteiger partial charge in [0.25, 0.3) is 0 Å². The molecule has 0 aliphatic rings. The van der Waals surface area contributed by atoms with Gasteiger partial charge >= 0.3 is 0 Å². The molecule has 0 amide bonds. The van der Waals surface area contributed by atoms with Crippen molar-refractivity contribution in [1.29, 1.82) is 0 Å². The van der Waals surface area contributed by atoms with Gasteiger partial charge in [0.15, 0.2) is 0 Å². The number of nitrogens with zero attached hydrogens (tertiary/aromatic N) is 1. The summed E-state index contributed by atoms with van der Waals surface area (Å²) in [6, 6.07) is 0. The summed E-state index contributed by atoms with van der Waals surface area (Å²) in [6.07, 6.45) is 7.85. The zero-order valence-electron chi connectivity index (χ0n) is 16.7. The first-order valence-electron chi connectivity index (χ1n) is 9.66. The third kappa shape index (κ3) is 18.1. The molecular formula is C19H42NO4+. The third-order valence-electron chi connectivity index (χ3n) is 4.13. The smallest absolute Gasteiger partial charge is 0.102 e. The van der Waals surface area contributed by atoms with Crippen molar-refractivity contribution in [3.8, 4) is 0 Å². The van der Waals surface area contributed by atoms with Crippen molar-refractivity contribution >= 4 is 0 Å². The van der Waals surface area contributed by atoms with Crippen LogP contribution in [0.25, 0.3) is 0 Å². The molecule has 0 unspecified atom stereocenters. The van der Waals surface area contributed by atoms with Crippen LogP contribution in [0.3, 0.4) is 0 Å². The fraction of sp³-hybridized carbons (Fsp3) is 1.00. The fourth-order valence-corrected chi connectivity index (χ4v) is 2.29. The van der Waals surface area contributed by atoms with Gasteiger partial charge in [-0.05, 0) is 6.42 Å². The topological polar surface area (TPSA) is 36.9 Å². The van der Waals surface area contributed by atoms with Crippen molar-refractivity contribution in [2.24, 2.45) is 0 Å². The van der Waals surface area contributed by atoms with Crippen LogP contribution in [0.2, 0.25) is 0 Å². The zero-order valence-corrected chi connectivity index (χ0v) is 16.7. The second-order valence-corrected chi connectivity index (χ2v) is 6.98. The number of hydrogen-bond acceptors (Lipinski definition) is 4. The molecule has 0 aromatic rings. The number of rotatable bonds is 19. The van der Waals surface area contributed by atoms with Crippen molar-refractivity contribution in [2.45, 2.75) is 45.4 Å². The first-order valence-corrected chi connectivity index (χ1v) is 9.66. The summed E-state index contributed by atoms with van der Waals surface area (Å²) in [5.74, 6) is 0. The van der Waals surface area contributed by atoms with E-state index >= 15 is 0 Å². The van der Waals surface area contributed by atoms with E-state index in [0.29, 0.717) is 26.4 Å². The first-order chi connectivity index (χ1) is 11.6. The molecule has 0 N–H and O–H groups in total. The molecule has 5 heteroatoms. The molecule has 0 aromatic heterocycles. The quantitative estimate of drug-likeness (QED) is 0.265. The average Bonchev–Trinajstić information content (AvgIpc) is 2.55. The normalized spacial score (nSPS) is 12.0. The molecule has 146 valence electrons. The number of hydrogen-bond donors (Lipinski definition) is 0. The van der Waals surface area contributed by atoms with Crippen molar-refractivity contribution in [2.75, 3.05) is 80.5 Å². The highest BCUT2D eigenvalue weighted by molar-refractivity contribution is 4.43. The Labute approximate surface area is 150 Å².